The molecule has 3 aromatic rings. The van der Waals surface area contributed by atoms with Crippen LogP contribution in [0.2, 0.25) is 0 Å². The summed E-state index contributed by atoms with van der Waals surface area (Å²) in [4.78, 5) is 45.0. The molecule has 3 unspecified atom stereocenters. The Labute approximate surface area is 196 Å². The fraction of sp³-hybridized carbons (Fsp3) is 0.250. The highest BCUT2D eigenvalue weighted by atomic mass is 32.1. The van der Waals surface area contributed by atoms with E-state index in [-0.39, 0.29) is 17.1 Å². The maximum atomic E-state index is 13.4. The summed E-state index contributed by atoms with van der Waals surface area (Å²) >= 11 is 1.10. The molecular formula is C24H25N5O3S. The minimum absolute atomic E-state index is 0.184. The molecule has 2 heterocycles. The first kappa shape index (κ1) is 22.6. The predicted octanol–water partition coefficient (Wildman–Crippen LogP) is 2.87. The highest BCUT2D eigenvalue weighted by Gasteiger charge is 2.44. The Kier molecular flexibility index (Phi) is 6.52. The number of aryl methyl sites for hydroxylation is 1. The van der Waals surface area contributed by atoms with E-state index in [2.05, 4.69) is 21.2 Å². The summed E-state index contributed by atoms with van der Waals surface area (Å²) < 4.78 is 0. The van der Waals surface area contributed by atoms with E-state index in [9.17, 15) is 14.4 Å². The van der Waals surface area contributed by atoms with E-state index in [1.165, 1.54) is 4.90 Å². The van der Waals surface area contributed by atoms with E-state index in [4.69, 9.17) is 0 Å². The second-order valence-corrected chi connectivity index (χ2v) is 9.06. The topological polar surface area (TPSA) is 103 Å². The van der Waals surface area contributed by atoms with Gasteiger partial charge >= 0.3 is 0 Å². The fourth-order valence-electron chi connectivity index (χ4n) is 4.00. The average Bonchev–Trinajstić information content (AvgIpc) is 3.18. The number of nitrogens with one attached hydrogen (secondary N) is 3. The molecule has 0 aliphatic carbocycles. The summed E-state index contributed by atoms with van der Waals surface area (Å²) in [7, 11) is 3.32. The molecular weight excluding hydrogens is 438 g/mol. The Morgan fingerprint density at radius 3 is 2.21 bits per heavy atom. The Morgan fingerprint density at radius 1 is 1.00 bits per heavy atom. The van der Waals surface area contributed by atoms with E-state index in [0.29, 0.717) is 10.6 Å². The van der Waals surface area contributed by atoms with Crippen LogP contribution in [0, 0.1) is 12.8 Å². The van der Waals surface area contributed by atoms with Gasteiger partial charge in [-0.2, -0.15) is 0 Å². The number of carbonyl (C=O) groups is 3. The lowest BCUT2D eigenvalue weighted by atomic mass is 9.76. The molecule has 1 saturated heterocycles. The summed E-state index contributed by atoms with van der Waals surface area (Å²) in [6.07, 6.45) is 0. The molecule has 9 heteroatoms. The minimum atomic E-state index is -1.00. The van der Waals surface area contributed by atoms with Crippen LogP contribution in [0.3, 0.4) is 0 Å². The highest BCUT2D eigenvalue weighted by molar-refractivity contribution is 7.17. The number of thiazole rings is 1. The zero-order chi connectivity index (χ0) is 23.5. The standard InChI is InChI=1S/C24H25N5O3S/c1-14-20(23(32)29(2)3)33-24(25-14)26-21(30)18-17(15-10-6-4-7-11-15)19(27-28-22(18)31)16-12-8-5-9-13-16/h4-13,17-19,27H,1-3H3,(H,28,31)(H,25,26,30). The first-order valence-corrected chi connectivity index (χ1v) is 11.3. The van der Waals surface area contributed by atoms with Gasteiger partial charge in [0.2, 0.25) is 11.8 Å². The van der Waals surface area contributed by atoms with Crippen LogP contribution in [-0.2, 0) is 9.59 Å². The Morgan fingerprint density at radius 2 is 1.61 bits per heavy atom. The molecule has 2 aromatic carbocycles. The van der Waals surface area contributed by atoms with Gasteiger partial charge in [0, 0.05) is 20.0 Å². The van der Waals surface area contributed by atoms with Crippen molar-refractivity contribution in [3.63, 3.8) is 0 Å². The molecule has 170 valence electrons. The molecule has 0 radical (unpaired) electrons. The van der Waals surface area contributed by atoms with Crippen LogP contribution in [0.1, 0.15) is 38.5 Å². The summed E-state index contributed by atoms with van der Waals surface area (Å²) in [5.74, 6) is -2.54. The van der Waals surface area contributed by atoms with Crippen molar-refractivity contribution in [1.29, 1.82) is 0 Å². The number of nitrogens with zero attached hydrogens (tertiary/aromatic N) is 2. The largest absolute Gasteiger partial charge is 0.344 e. The number of carbonyl (C=O) groups excluding carboxylic acids is 3. The normalized spacial score (nSPS) is 20.1. The van der Waals surface area contributed by atoms with Crippen LogP contribution < -0.4 is 16.2 Å². The number of hydrazine groups is 1. The summed E-state index contributed by atoms with van der Waals surface area (Å²) in [6, 6.07) is 18.9. The number of hydrogen-bond acceptors (Lipinski definition) is 6. The fourth-order valence-corrected chi connectivity index (χ4v) is 4.99. The second kappa shape index (κ2) is 9.51. The van der Waals surface area contributed by atoms with E-state index in [1.54, 1.807) is 21.0 Å². The van der Waals surface area contributed by atoms with Gasteiger partial charge in [-0.3, -0.25) is 19.8 Å². The van der Waals surface area contributed by atoms with Crippen LogP contribution in [-0.4, -0.2) is 41.7 Å². The van der Waals surface area contributed by atoms with Crippen LogP contribution in [0.15, 0.2) is 60.7 Å². The first-order chi connectivity index (χ1) is 15.9. The molecule has 33 heavy (non-hydrogen) atoms. The molecule has 0 spiro atoms. The molecule has 0 bridgehead atoms. The van der Waals surface area contributed by atoms with Gasteiger partial charge in [-0.1, -0.05) is 72.0 Å². The van der Waals surface area contributed by atoms with Crippen molar-refractivity contribution in [3.05, 3.63) is 82.4 Å². The Hall–Kier alpha value is -3.56. The van der Waals surface area contributed by atoms with Gasteiger partial charge < -0.3 is 10.2 Å². The maximum Gasteiger partial charge on any atom is 0.265 e. The van der Waals surface area contributed by atoms with Gasteiger partial charge in [-0.25, -0.2) is 10.4 Å². The first-order valence-electron chi connectivity index (χ1n) is 10.5. The van der Waals surface area contributed by atoms with E-state index >= 15 is 0 Å². The zero-order valence-electron chi connectivity index (χ0n) is 18.5. The lowest BCUT2D eigenvalue weighted by Crippen LogP contribution is -2.56. The molecule has 3 atom stereocenters. The third kappa shape index (κ3) is 4.64. The molecule has 1 aliphatic heterocycles. The number of amides is 3. The quantitative estimate of drug-likeness (QED) is 0.505. The lowest BCUT2D eigenvalue weighted by Gasteiger charge is -2.38. The smallest absolute Gasteiger partial charge is 0.265 e. The number of hydrogen-bond donors (Lipinski definition) is 3. The summed E-state index contributed by atoms with van der Waals surface area (Å²) in [5, 5.41) is 3.07. The molecule has 3 N–H and O–H groups in total. The third-order valence-electron chi connectivity index (χ3n) is 5.60. The third-order valence-corrected chi connectivity index (χ3v) is 6.67. The zero-order valence-corrected chi connectivity index (χ0v) is 19.3. The van der Waals surface area contributed by atoms with Gasteiger partial charge in [-0.05, 0) is 18.1 Å². The highest BCUT2D eigenvalue weighted by Crippen LogP contribution is 2.40. The average molecular weight is 464 g/mol. The molecule has 1 aromatic heterocycles. The van der Waals surface area contributed by atoms with E-state index in [0.717, 1.165) is 22.5 Å². The minimum Gasteiger partial charge on any atom is -0.344 e. The van der Waals surface area contributed by atoms with Crippen LogP contribution in [0.5, 0.6) is 0 Å². The monoisotopic (exact) mass is 463 g/mol. The SMILES string of the molecule is Cc1nc(NC(=O)C2C(=O)NNC(c3ccccc3)C2c2ccccc2)sc1C(=O)N(C)C. The van der Waals surface area contributed by atoms with Gasteiger partial charge in [0.05, 0.1) is 11.7 Å². The molecule has 3 amide bonds. The van der Waals surface area contributed by atoms with Crippen LogP contribution in [0.4, 0.5) is 5.13 Å². The van der Waals surface area contributed by atoms with Gasteiger partial charge in [0.15, 0.2) is 5.13 Å². The summed E-state index contributed by atoms with van der Waals surface area (Å²) in [5.41, 5.74) is 8.10. The van der Waals surface area contributed by atoms with Crippen molar-refractivity contribution in [1.82, 2.24) is 20.7 Å². The second-order valence-electron chi connectivity index (χ2n) is 8.06. The molecule has 1 fully saturated rings. The Bertz CT molecular complexity index is 1160. The Balaban J connectivity index is 1.68. The van der Waals surface area contributed by atoms with Crippen molar-refractivity contribution < 1.29 is 14.4 Å². The molecule has 0 saturated carbocycles. The van der Waals surface area contributed by atoms with Crippen molar-refractivity contribution in [3.8, 4) is 0 Å². The number of aromatic nitrogens is 1. The molecule has 1 aliphatic rings. The van der Waals surface area contributed by atoms with Gasteiger partial charge in [0.25, 0.3) is 5.91 Å². The van der Waals surface area contributed by atoms with Crippen molar-refractivity contribution in [2.45, 2.75) is 18.9 Å². The maximum absolute atomic E-state index is 13.4. The van der Waals surface area contributed by atoms with E-state index < -0.39 is 23.7 Å². The van der Waals surface area contributed by atoms with Gasteiger partial charge in [0.1, 0.15) is 10.8 Å². The predicted molar refractivity (Wildman–Crippen MR) is 127 cm³/mol. The molecule has 8 nitrogen and oxygen atoms in total. The van der Waals surface area contributed by atoms with E-state index in [1.807, 2.05) is 60.7 Å². The lowest BCUT2D eigenvalue weighted by molar-refractivity contribution is -0.137. The van der Waals surface area contributed by atoms with Crippen LogP contribution >= 0.6 is 11.3 Å². The number of rotatable bonds is 5. The number of benzene rings is 2. The molecule has 4 rings (SSSR count). The summed E-state index contributed by atoms with van der Waals surface area (Å²) in [6.45, 7) is 1.72. The van der Waals surface area contributed by atoms with Crippen LogP contribution in [0.25, 0.3) is 0 Å². The van der Waals surface area contributed by atoms with Crippen molar-refractivity contribution in [2.75, 3.05) is 19.4 Å². The number of anilines is 1. The van der Waals surface area contributed by atoms with Crippen molar-refractivity contribution in [2.24, 2.45) is 5.92 Å². The van der Waals surface area contributed by atoms with Gasteiger partial charge in [-0.15, -0.1) is 0 Å². The van der Waals surface area contributed by atoms with Crippen molar-refractivity contribution >= 4 is 34.2 Å².